The number of anilines is 1. The van der Waals surface area contributed by atoms with E-state index in [0.717, 1.165) is 0 Å². The summed E-state index contributed by atoms with van der Waals surface area (Å²) < 4.78 is 1.78. The van der Waals surface area contributed by atoms with Gasteiger partial charge in [-0.1, -0.05) is 13.8 Å². The van der Waals surface area contributed by atoms with E-state index in [9.17, 15) is 9.59 Å². The third-order valence-electron chi connectivity index (χ3n) is 3.66. The Morgan fingerprint density at radius 1 is 1.45 bits per heavy atom. The van der Waals surface area contributed by atoms with Crippen molar-refractivity contribution >= 4 is 17.8 Å². The van der Waals surface area contributed by atoms with Gasteiger partial charge in [0, 0.05) is 31.4 Å². The summed E-state index contributed by atoms with van der Waals surface area (Å²) in [5.74, 6) is 0.764. The van der Waals surface area contributed by atoms with Gasteiger partial charge in [0.05, 0.1) is 0 Å². The third-order valence-corrected chi connectivity index (χ3v) is 3.66. The number of rotatable bonds is 4. The van der Waals surface area contributed by atoms with Gasteiger partial charge in [-0.25, -0.2) is 4.79 Å². The number of hydrogen-bond donors (Lipinski definition) is 2. The molecule has 0 aliphatic carbocycles. The van der Waals surface area contributed by atoms with Gasteiger partial charge in [0.25, 0.3) is 0 Å². The molecule has 7 nitrogen and oxygen atoms in total. The molecule has 7 heteroatoms. The van der Waals surface area contributed by atoms with E-state index in [0.29, 0.717) is 31.2 Å². The number of hydrogen-bond acceptors (Lipinski definition) is 3. The van der Waals surface area contributed by atoms with Crippen LogP contribution in [0.2, 0.25) is 0 Å². The molecule has 0 spiro atoms. The third kappa shape index (κ3) is 3.78. The van der Waals surface area contributed by atoms with Gasteiger partial charge in [-0.2, -0.15) is 5.10 Å². The van der Waals surface area contributed by atoms with Gasteiger partial charge in [0.2, 0.25) is 5.91 Å². The van der Waals surface area contributed by atoms with Crippen LogP contribution >= 0.6 is 0 Å². The van der Waals surface area contributed by atoms with E-state index in [2.05, 4.69) is 15.7 Å². The molecule has 1 fully saturated rings. The number of carbonyl (C=O) groups excluding carboxylic acids is 2. The largest absolute Gasteiger partial charge is 0.353 e. The number of nitrogens with zero attached hydrogens (tertiary/aromatic N) is 3. The van der Waals surface area contributed by atoms with Gasteiger partial charge in [-0.3, -0.25) is 14.8 Å². The minimum absolute atomic E-state index is 0.0807. The highest BCUT2D eigenvalue weighted by Gasteiger charge is 2.33. The van der Waals surface area contributed by atoms with E-state index in [1.807, 2.05) is 33.9 Å². The first-order valence-corrected chi connectivity index (χ1v) is 7.79. The Hall–Kier alpha value is -2.05. The lowest BCUT2D eigenvalue weighted by atomic mass is 10.0. The van der Waals surface area contributed by atoms with Gasteiger partial charge >= 0.3 is 6.03 Å². The van der Waals surface area contributed by atoms with Crippen LogP contribution in [0.1, 0.15) is 40.2 Å². The van der Waals surface area contributed by atoms with Crippen LogP contribution in [0.4, 0.5) is 10.6 Å². The molecule has 0 radical (unpaired) electrons. The number of piperazine rings is 1. The van der Waals surface area contributed by atoms with Crippen molar-refractivity contribution in [1.82, 2.24) is 20.0 Å². The maximum Gasteiger partial charge on any atom is 0.323 e. The lowest BCUT2D eigenvalue weighted by Gasteiger charge is -2.35. The Morgan fingerprint density at radius 3 is 2.77 bits per heavy atom. The zero-order chi connectivity index (χ0) is 16.3. The predicted octanol–water partition coefficient (Wildman–Crippen LogP) is 1.84. The summed E-state index contributed by atoms with van der Waals surface area (Å²) in [5, 5.41) is 9.92. The molecule has 0 saturated carbocycles. The average Bonchev–Trinajstić information content (AvgIpc) is 2.89. The number of urea groups is 1. The smallest absolute Gasteiger partial charge is 0.323 e. The van der Waals surface area contributed by atoms with E-state index in [4.69, 9.17) is 0 Å². The summed E-state index contributed by atoms with van der Waals surface area (Å²) in [6.07, 6.45) is 2.48. The topological polar surface area (TPSA) is 79.3 Å². The zero-order valence-corrected chi connectivity index (χ0v) is 13.7. The van der Waals surface area contributed by atoms with Gasteiger partial charge in [-0.15, -0.1) is 0 Å². The second kappa shape index (κ2) is 6.81. The Labute approximate surface area is 131 Å². The minimum Gasteiger partial charge on any atom is -0.353 e. The lowest BCUT2D eigenvalue weighted by molar-refractivity contribution is -0.128. The SMILES string of the molecule is CC(C)CC1C(=O)NCCN1C(=O)Nc1ccn(C(C)C)n1. The van der Waals surface area contributed by atoms with Crippen molar-refractivity contribution in [2.75, 3.05) is 18.4 Å². The fourth-order valence-corrected chi connectivity index (χ4v) is 2.51. The van der Waals surface area contributed by atoms with Crippen molar-refractivity contribution in [3.05, 3.63) is 12.3 Å². The molecule has 1 saturated heterocycles. The molecule has 22 heavy (non-hydrogen) atoms. The normalized spacial score (nSPS) is 18.7. The van der Waals surface area contributed by atoms with Crippen molar-refractivity contribution in [3.8, 4) is 0 Å². The molecule has 0 bridgehead atoms. The molecule has 1 aromatic rings. The standard InChI is InChI=1S/C15H25N5O2/c1-10(2)9-12-14(21)16-6-8-19(12)15(22)17-13-5-7-20(18-13)11(3)4/h5,7,10-12H,6,8-9H2,1-4H3,(H,16,21)(H,17,18,22). The molecule has 1 atom stereocenters. The van der Waals surface area contributed by atoms with Crippen LogP contribution in [0.3, 0.4) is 0 Å². The average molecular weight is 307 g/mol. The van der Waals surface area contributed by atoms with Crippen LogP contribution in [0, 0.1) is 5.92 Å². The maximum atomic E-state index is 12.5. The molecular weight excluding hydrogens is 282 g/mol. The number of aromatic nitrogens is 2. The summed E-state index contributed by atoms with van der Waals surface area (Å²) in [4.78, 5) is 26.1. The van der Waals surface area contributed by atoms with E-state index >= 15 is 0 Å². The summed E-state index contributed by atoms with van der Waals surface area (Å²) in [6, 6.07) is 1.31. The molecule has 0 aromatic carbocycles. The zero-order valence-electron chi connectivity index (χ0n) is 13.7. The van der Waals surface area contributed by atoms with Crippen molar-refractivity contribution in [2.24, 2.45) is 5.92 Å². The monoisotopic (exact) mass is 307 g/mol. The Bertz CT molecular complexity index is 538. The second-order valence-electron chi connectivity index (χ2n) is 6.33. The van der Waals surface area contributed by atoms with Crippen molar-refractivity contribution in [3.63, 3.8) is 0 Å². The van der Waals surface area contributed by atoms with E-state index < -0.39 is 6.04 Å². The number of nitrogens with one attached hydrogen (secondary N) is 2. The molecule has 2 heterocycles. The molecule has 1 aromatic heterocycles. The van der Waals surface area contributed by atoms with Gasteiger partial charge < -0.3 is 10.2 Å². The maximum absolute atomic E-state index is 12.5. The molecule has 2 N–H and O–H groups in total. The van der Waals surface area contributed by atoms with Crippen molar-refractivity contribution < 1.29 is 9.59 Å². The van der Waals surface area contributed by atoms with Crippen molar-refractivity contribution in [2.45, 2.75) is 46.2 Å². The molecule has 1 aliphatic rings. The minimum atomic E-state index is -0.416. The second-order valence-corrected chi connectivity index (χ2v) is 6.33. The van der Waals surface area contributed by atoms with Crippen LogP contribution in [0.15, 0.2) is 12.3 Å². The highest BCUT2D eigenvalue weighted by Crippen LogP contribution is 2.16. The Balaban J connectivity index is 2.06. The quantitative estimate of drug-likeness (QED) is 0.891. The molecule has 3 amide bonds. The fraction of sp³-hybridized carbons (Fsp3) is 0.667. The Kier molecular flexibility index (Phi) is 5.05. The van der Waals surface area contributed by atoms with Crippen molar-refractivity contribution in [1.29, 1.82) is 0 Å². The summed E-state index contributed by atoms with van der Waals surface area (Å²) in [5.41, 5.74) is 0. The molecule has 1 unspecified atom stereocenters. The number of carbonyl (C=O) groups is 2. The van der Waals surface area contributed by atoms with Crippen LogP contribution in [0.5, 0.6) is 0 Å². The van der Waals surface area contributed by atoms with Crippen LogP contribution < -0.4 is 10.6 Å². The first-order valence-electron chi connectivity index (χ1n) is 7.79. The van der Waals surface area contributed by atoms with Gasteiger partial charge in [-0.05, 0) is 26.2 Å². The first kappa shape index (κ1) is 16.3. The van der Waals surface area contributed by atoms with E-state index in [-0.39, 0.29) is 18.0 Å². The predicted molar refractivity (Wildman–Crippen MR) is 84.6 cm³/mol. The molecule has 122 valence electrons. The summed E-state index contributed by atoms with van der Waals surface area (Å²) in [7, 11) is 0. The van der Waals surface area contributed by atoms with Crippen LogP contribution in [-0.2, 0) is 4.79 Å². The summed E-state index contributed by atoms with van der Waals surface area (Å²) in [6.45, 7) is 9.13. The van der Waals surface area contributed by atoms with Crippen LogP contribution in [-0.4, -0.2) is 45.8 Å². The van der Waals surface area contributed by atoms with Gasteiger partial charge in [0.15, 0.2) is 5.82 Å². The Morgan fingerprint density at radius 2 is 2.18 bits per heavy atom. The molecule has 1 aliphatic heterocycles. The summed E-state index contributed by atoms with van der Waals surface area (Å²) >= 11 is 0. The van der Waals surface area contributed by atoms with Crippen LogP contribution in [0.25, 0.3) is 0 Å². The van der Waals surface area contributed by atoms with E-state index in [1.165, 1.54) is 0 Å². The fourth-order valence-electron chi connectivity index (χ4n) is 2.51. The first-order chi connectivity index (χ1) is 10.4. The molecular formula is C15H25N5O2. The van der Waals surface area contributed by atoms with Gasteiger partial charge in [0.1, 0.15) is 6.04 Å². The highest BCUT2D eigenvalue weighted by molar-refractivity contribution is 5.94. The van der Waals surface area contributed by atoms with E-state index in [1.54, 1.807) is 15.6 Å². The highest BCUT2D eigenvalue weighted by atomic mass is 16.2. The molecule has 2 rings (SSSR count). The number of amides is 3. The lowest BCUT2D eigenvalue weighted by Crippen LogP contribution is -2.58.